The van der Waals surface area contributed by atoms with E-state index in [1.807, 2.05) is 30.3 Å². The lowest BCUT2D eigenvalue weighted by Crippen LogP contribution is -2.50. The summed E-state index contributed by atoms with van der Waals surface area (Å²) in [6.07, 6.45) is 1.08. The van der Waals surface area contributed by atoms with Crippen LogP contribution in [0.25, 0.3) is 0 Å². The number of anilines is 2. The van der Waals surface area contributed by atoms with E-state index in [-0.39, 0.29) is 27.5 Å². The van der Waals surface area contributed by atoms with E-state index in [0.717, 1.165) is 5.56 Å². The molecule has 142 valence electrons. The molecule has 0 saturated carbocycles. The molecule has 0 radical (unpaired) electrons. The quantitative estimate of drug-likeness (QED) is 0.754. The molecule has 1 aliphatic rings. The number of carbonyl (C=O) groups is 2. The normalized spacial score (nSPS) is 16.0. The van der Waals surface area contributed by atoms with Crippen molar-refractivity contribution < 1.29 is 9.59 Å². The first kappa shape index (κ1) is 19.5. The number of nitrogens with two attached hydrogens (primary N) is 1. The van der Waals surface area contributed by atoms with Crippen LogP contribution >= 0.6 is 23.2 Å². The number of nitrogens with one attached hydrogen (secondary N) is 1. The second-order valence-corrected chi connectivity index (χ2v) is 7.58. The molecule has 0 aliphatic carbocycles. The largest absolute Gasteiger partial charge is 0.396 e. The number of nitrogens with zero attached hydrogens (tertiary/aromatic N) is 1. The zero-order valence-corrected chi connectivity index (χ0v) is 16.5. The van der Waals surface area contributed by atoms with Crippen LogP contribution in [-0.4, -0.2) is 29.8 Å². The van der Waals surface area contributed by atoms with E-state index in [2.05, 4.69) is 5.32 Å². The van der Waals surface area contributed by atoms with Crippen LogP contribution in [0.5, 0.6) is 0 Å². The van der Waals surface area contributed by atoms with Crippen LogP contribution in [0.4, 0.5) is 11.4 Å². The average molecular weight is 406 g/mol. The SMILES string of the molecule is CC(=O)N1CCC(C(=O)Nc2cc(Cl)c(N)c(Cl)c2)(c2ccccc2)CC1. The van der Waals surface area contributed by atoms with E-state index in [1.54, 1.807) is 24.0 Å². The molecule has 27 heavy (non-hydrogen) atoms. The Bertz CT molecular complexity index is 840. The van der Waals surface area contributed by atoms with Crippen LogP contribution < -0.4 is 11.1 Å². The third-order valence-electron chi connectivity index (χ3n) is 5.16. The Morgan fingerprint density at radius 2 is 1.63 bits per heavy atom. The number of nitrogen functional groups attached to an aromatic ring is 1. The molecule has 7 heteroatoms. The predicted octanol–water partition coefficient (Wildman–Crippen LogP) is 4.09. The van der Waals surface area contributed by atoms with Gasteiger partial charge in [-0.05, 0) is 30.5 Å². The molecule has 1 fully saturated rings. The molecule has 2 amide bonds. The van der Waals surface area contributed by atoms with Crippen LogP contribution in [0.2, 0.25) is 10.0 Å². The van der Waals surface area contributed by atoms with Crippen LogP contribution in [0.15, 0.2) is 42.5 Å². The van der Waals surface area contributed by atoms with Crippen molar-refractivity contribution in [3.05, 3.63) is 58.1 Å². The molecule has 2 aromatic rings. The van der Waals surface area contributed by atoms with Gasteiger partial charge in [0.25, 0.3) is 0 Å². The molecule has 0 spiro atoms. The van der Waals surface area contributed by atoms with Gasteiger partial charge in [0.2, 0.25) is 11.8 Å². The average Bonchev–Trinajstić information content (AvgIpc) is 2.66. The van der Waals surface area contributed by atoms with Gasteiger partial charge in [0, 0.05) is 25.7 Å². The number of amides is 2. The van der Waals surface area contributed by atoms with Gasteiger partial charge in [0.15, 0.2) is 0 Å². The molecule has 0 unspecified atom stereocenters. The Hall–Kier alpha value is -2.24. The highest BCUT2D eigenvalue weighted by molar-refractivity contribution is 6.39. The number of hydrogen-bond acceptors (Lipinski definition) is 3. The molecule has 1 aliphatic heterocycles. The fraction of sp³-hybridized carbons (Fsp3) is 0.300. The summed E-state index contributed by atoms with van der Waals surface area (Å²) in [6, 6.07) is 12.8. The van der Waals surface area contributed by atoms with Gasteiger partial charge in [-0.2, -0.15) is 0 Å². The predicted molar refractivity (Wildman–Crippen MR) is 109 cm³/mol. The maximum absolute atomic E-state index is 13.3. The smallest absolute Gasteiger partial charge is 0.235 e. The molecule has 2 aromatic carbocycles. The minimum absolute atomic E-state index is 0.0224. The Balaban J connectivity index is 1.92. The van der Waals surface area contributed by atoms with Crippen molar-refractivity contribution in [3.8, 4) is 0 Å². The van der Waals surface area contributed by atoms with Gasteiger partial charge >= 0.3 is 0 Å². The number of piperidine rings is 1. The molecule has 1 heterocycles. The van der Waals surface area contributed by atoms with Crippen LogP contribution in [0, 0.1) is 0 Å². The number of rotatable bonds is 3. The molecular weight excluding hydrogens is 385 g/mol. The summed E-state index contributed by atoms with van der Waals surface area (Å²) in [4.78, 5) is 26.8. The first-order valence-electron chi connectivity index (χ1n) is 8.70. The minimum Gasteiger partial charge on any atom is -0.396 e. The van der Waals surface area contributed by atoms with Crippen molar-refractivity contribution in [2.45, 2.75) is 25.2 Å². The van der Waals surface area contributed by atoms with Crippen molar-refractivity contribution in [1.82, 2.24) is 4.90 Å². The summed E-state index contributed by atoms with van der Waals surface area (Å²) >= 11 is 12.2. The maximum atomic E-state index is 13.3. The summed E-state index contributed by atoms with van der Waals surface area (Å²) in [6.45, 7) is 2.61. The molecule has 1 saturated heterocycles. The third-order valence-corrected chi connectivity index (χ3v) is 5.79. The van der Waals surface area contributed by atoms with Gasteiger partial charge in [-0.25, -0.2) is 0 Å². The highest BCUT2D eigenvalue weighted by Crippen LogP contribution is 2.38. The van der Waals surface area contributed by atoms with Crippen molar-refractivity contribution >= 4 is 46.4 Å². The summed E-state index contributed by atoms with van der Waals surface area (Å²) in [7, 11) is 0. The van der Waals surface area contributed by atoms with E-state index in [4.69, 9.17) is 28.9 Å². The summed E-state index contributed by atoms with van der Waals surface area (Å²) in [5, 5.41) is 3.52. The highest BCUT2D eigenvalue weighted by atomic mass is 35.5. The van der Waals surface area contributed by atoms with Gasteiger partial charge in [-0.1, -0.05) is 53.5 Å². The lowest BCUT2D eigenvalue weighted by Gasteiger charge is -2.40. The van der Waals surface area contributed by atoms with Crippen molar-refractivity contribution in [2.75, 3.05) is 24.1 Å². The maximum Gasteiger partial charge on any atom is 0.235 e. The van der Waals surface area contributed by atoms with E-state index in [0.29, 0.717) is 31.6 Å². The van der Waals surface area contributed by atoms with Gasteiger partial charge in [-0.3, -0.25) is 9.59 Å². The first-order valence-corrected chi connectivity index (χ1v) is 9.46. The van der Waals surface area contributed by atoms with Crippen molar-refractivity contribution in [2.24, 2.45) is 0 Å². The van der Waals surface area contributed by atoms with E-state index in [1.165, 1.54) is 0 Å². The van der Waals surface area contributed by atoms with Crippen molar-refractivity contribution in [3.63, 3.8) is 0 Å². The third kappa shape index (κ3) is 3.89. The topological polar surface area (TPSA) is 75.4 Å². The first-order chi connectivity index (χ1) is 12.8. The minimum atomic E-state index is -0.729. The second-order valence-electron chi connectivity index (χ2n) is 6.76. The van der Waals surface area contributed by atoms with E-state index < -0.39 is 5.41 Å². The van der Waals surface area contributed by atoms with Gasteiger partial charge in [-0.15, -0.1) is 0 Å². The standard InChI is InChI=1S/C20H21Cl2N3O2/c1-13(26)25-9-7-20(8-10-25,14-5-3-2-4-6-14)19(27)24-15-11-16(21)18(23)17(22)12-15/h2-6,11-12H,7-10,23H2,1H3,(H,24,27). The Labute approximate surface area is 168 Å². The molecule has 0 aromatic heterocycles. The number of benzene rings is 2. The number of carbonyl (C=O) groups excluding carboxylic acids is 2. The molecule has 3 rings (SSSR count). The number of likely N-dealkylation sites (tertiary alicyclic amines) is 1. The Kier molecular flexibility index (Phi) is 5.63. The number of hydrogen-bond donors (Lipinski definition) is 2. The zero-order chi connectivity index (χ0) is 19.6. The van der Waals surface area contributed by atoms with Gasteiger partial charge in [0.1, 0.15) is 0 Å². The Morgan fingerprint density at radius 1 is 1.07 bits per heavy atom. The van der Waals surface area contributed by atoms with Crippen LogP contribution in [0.3, 0.4) is 0 Å². The van der Waals surface area contributed by atoms with Crippen LogP contribution in [-0.2, 0) is 15.0 Å². The second kappa shape index (κ2) is 7.79. The van der Waals surface area contributed by atoms with Crippen molar-refractivity contribution in [1.29, 1.82) is 0 Å². The monoisotopic (exact) mass is 405 g/mol. The van der Waals surface area contributed by atoms with Gasteiger partial charge in [0.05, 0.1) is 21.1 Å². The molecule has 3 N–H and O–H groups in total. The lowest BCUT2D eigenvalue weighted by atomic mass is 9.72. The summed E-state index contributed by atoms with van der Waals surface area (Å²) in [5.41, 5.74) is 6.75. The van der Waals surface area contributed by atoms with Gasteiger partial charge < -0.3 is 16.0 Å². The highest BCUT2D eigenvalue weighted by Gasteiger charge is 2.43. The lowest BCUT2D eigenvalue weighted by molar-refractivity contribution is -0.133. The van der Waals surface area contributed by atoms with E-state index >= 15 is 0 Å². The summed E-state index contributed by atoms with van der Waals surface area (Å²) < 4.78 is 0. The van der Waals surface area contributed by atoms with Crippen LogP contribution in [0.1, 0.15) is 25.3 Å². The molecule has 0 bridgehead atoms. The Morgan fingerprint density at radius 3 is 2.15 bits per heavy atom. The summed E-state index contributed by atoms with van der Waals surface area (Å²) in [5.74, 6) is -0.122. The molecule has 5 nitrogen and oxygen atoms in total. The zero-order valence-electron chi connectivity index (χ0n) is 15.0. The number of halogens is 2. The molecule has 0 atom stereocenters. The molecular formula is C20H21Cl2N3O2. The fourth-order valence-corrected chi connectivity index (χ4v) is 4.00. The van der Waals surface area contributed by atoms with E-state index in [9.17, 15) is 9.59 Å². The fourth-order valence-electron chi connectivity index (χ4n) is 3.51.